The summed E-state index contributed by atoms with van der Waals surface area (Å²) < 4.78 is 5.78. The van der Waals surface area contributed by atoms with Crippen LogP contribution >= 0.6 is 0 Å². The first-order valence-corrected chi connectivity index (χ1v) is 10.3. The minimum Gasteiger partial charge on any atom is -0.498 e. The van der Waals surface area contributed by atoms with Crippen molar-refractivity contribution in [3.8, 4) is 12.3 Å². The second-order valence-corrected chi connectivity index (χ2v) is 8.65. The SMILES string of the molecule is C#C[C@]1(O)CC[C@H]2[C@@H]3CC=C4C=C(OCC)CC[C@@H]4[C@H]3CC[C@@]21CC. The van der Waals surface area contributed by atoms with Gasteiger partial charge in [-0.15, -0.1) is 6.42 Å². The summed E-state index contributed by atoms with van der Waals surface area (Å²) in [6.07, 6.45) is 19.3. The fourth-order valence-electron chi connectivity index (χ4n) is 7.01. The number of rotatable bonds is 3. The molecule has 0 aromatic carbocycles. The molecular weight excluding hydrogens is 308 g/mol. The molecule has 136 valence electrons. The van der Waals surface area contributed by atoms with Gasteiger partial charge in [0, 0.05) is 11.8 Å². The highest BCUT2D eigenvalue weighted by Crippen LogP contribution is 2.65. The predicted octanol–water partition coefficient (Wildman–Crippen LogP) is 4.84. The van der Waals surface area contributed by atoms with Crippen molar-refractivity contribution in [2.45, 2.75) is 70.8 Å². The third-order valence-corrected chi connectivity index (χ3v) is 8.14. The summed E-state index contributed by atoms with van der Waals surface area (Å²) in [4.78, 5) is 0. The Morgan fingerprint density at radius 1 is 1.24 bits per heavy atom. The number of aliphatic hydroxyl groups is 1. The maximum atomic E-state index is 11.2. The van der Waals surface area contributed by atoms with Crippen molar-refractivity contribution in [2.75, 3.05) is 6.61 Å². The second-order valence-electron chi connectivity index (χ2n) is 8.65. The Morgan fingerprint density at radius 2 is 2.08 bits per heavy atom. The van der Waals surface area contributed by atoms with Gasteiger partial charge in [-0.25, -0.2) is 0 Å². The highest BCUT2D eigenvalue weighted by molar-refractivity contribution is 5.33. The lowest BCUT2D eigenvalue weighted by Gasteiger charge is -2.55. The van der Waals surface area contributed by atoms with E-state index in [0.29, 0.717) is 17.8 Å². The molecule has 0 aromatic heterocycles. The van der Waals surface area contributed by atoms with Crippen LogP contribution in [-0.2, 0) is 4.74 Å². The van der Waals surface area contributed by atoms with Crippen molar-refractivity contribution in [3.63, 3.8) is 0 Å². The van der Waals surface area contributed by atoms with Crippen LogP contribution in [0.5, 0.6) is 0 Å². The summed E-state index contributed by atoms with van der Waals surface area (Å²) in [5.41, 5.74) is 0.593. The molecule has 0 aromatic rings. The van der Waals surface area contributed by atoms with E-state index in [1.807, 2.05) is 0 Å². The van der Waals surface area contributed by atoms with E-state index in [-0.39, 0.29) is 5.41 Å². The number of hydrogen-bond acceptors (Lipinski definition) is 2. The van der Waals surface area contributed by atoms with Crippen molar-refractivity contribution in [1.82, 2.24) is 0 Å². The van der Waals surface area contributed by atoms with Gasteiger partial charge in [-0.1, -0.05) is 18.9 Å². The number of fused-ring (bicyclic) bond motifs is 5. The van der Waals surface area contributed by atoms with Gasteiger partial charge in [-0.3, -0.25) is 0 Å². The average molecular weight is 341 g/mol. The topological polar surface area (TPSA) is 29.5 Å². The van der Waals surface area contributed by atoms with Gasteiger partial charge in [0.15, 0.2) is 0 Å². The molecule has 6 atom stereocenters. The van der Waals surface area contributed by atoms with E-state index in [1.54, 1.807) is 0 Å². The largest absolute Gasteiger partial charge is 0.498 e. The fraction of sp³-hybridized carbons (Fsp3) is 0.739. The molecule has 2 saturated carbocycles. The Labute approximate surface area is 152 Å². The molecule has 2 nitrogen and oxygen atoms in total. The van der Waals surface area contributed by atoms with Crippen molar-refractivity contribution in [2.24, 2.45) is 29.1 Å². The smallest absolute Gasteiger partial charge is 0.131 e. The maximum absolute atomic E-state index is 11.2. The van der Waals surface area contributed by atoms with Crippen LogP contribution in [0.3, 0.4) is 0 Å². The van der Waals surface area contributed by atoms with E-state index in [4.69, 9.17) is 11.2 Å². The van der Waals surface area contributed by atoms with Crippen LogP contribution in [0.25, 0.3) is 0 Å². The van der Waals surface area contributed by atoms with Crippen LogP contribution in [0.1, 0.15) is 65.2 Å². The Morgan fingerprint density at radius 3 is 2.80 bits per heavy atom. The molecule has 0 amide bonds. The van der Waals surface area contributed by atoms with Crippen LogP contribution in [0.4, 0.5) is 0 Å². The molecule has 4 aliphatic carbocycles. The Balaban J connectivity index is 1.64. The molecule has 0 radical (unpaired) electrons. The van der Waals surface area contributed by atoms with Crippen molar-refractivity contribution in [1.29, 1.82) is 0 Å². The molecule has 4 aliphatic rings. The van der Waals surface area contributed by atoms with E-state index < -0.39 is 5.60 Å². The molecular formula is C23H32O2. The van der Waals surface area contributed by atoms with Gasteiger partial charge in [0.05, 0.1) is 12.4 Å². The van der Waals surface area contributed by atoms with Gasteiger partial charge in [0.25, 0.3) is 0 Å². The summed E-state index contributed by atoms with van der Waals surface area (Å²) in [6.45, 7) is 5.07. The number of hydrogen-bond donors (Lipinski definition) is 1. The standard InChI is InChI=1S/C23H32O2/c1-4-22-13-11-19-18-10-8-17(25-6-3)15-16(18)7-9-20(19)21(22)12-14-23(22,24)5-2/h2,7,15,18-21,24H,4,6,8-14H2,1,3H3/t18-,19+,20+,21-,22-,23-/m0/s1. The zero-order valence-electron chi connectivity index (χ0n) is 15.8. The number of allylic oxidation sites excluding steroid dienone is 4. The summed E-state index contributed by atoms with van der Waals surface area (Å²) in [5.74, 6) is 6.74. The first kappa shape index (κ1) is 17.2. The lowest BCUT2D eigenvalue weighted by molar-refractivity contribution is -0.0945. The number of ether oxygens (including phenoxy) is 1. The van der Waals surface area contributed by atoms with Gasteiger partial charge in [-0.05, 0) is 87.2 Å². The molecule has 0 aliphatic heterocycles. The minimum absolute atomic E-state index is 0.0464. The molecule has 0 saturated heterocycles. The predicted molar refractivity (Wildman–Crippen MR) is 101 cm³/mol. The second kappa shape index (κ2) is 6.20. The quantitative estimate of drug-likeness (QED) is 0.745. The monoisotopic (exact) mass is 340 g/mol. The van der Waals surface area contributed by atoms with Gasteiger partial charge < -0.3 is 9.84 Å². The van der Waals surface area contributed by atoms with E-state index in [9.17, 15) is 5.11 Å². The zero-order valence-corrected chi connectivity index (χ0v) is 15.8. The van der Waals surface area contributed by atoms with Crippen LogP contribution in [0, 0.1) is 41.4 Å². The summed E-state index contributed by atoms with van der Waals surface area (Å²) in [7, 11) is 0. The molecule has 1 N–H and O–H groups in total. The third kappa shape index (κ3) is 2.35. The van der Waals surface area contributed by atoms with E-state index >= 15 is 0 Å². The summed E-state index contributed by atoms with van der Waals surface area (Å²) in [5, 5.41) is 11.2. The van der Waals surface area contributed by atoms with Crippen LogP contribution in [0.15, 0.2) is 23.5 Å². The molecule has 2 heteroatoms. The van der Waals surface area contributed by atoms with Crippen molar-refractivity contribution >= 4 is 0 Å². The van der Waals surface area contributed by atoms with Crippen LogP contribution < -0.4 is 0 Å². The number of terminal acetylenes is 1. The van der Waals surface area contributed by atoms with E-state index in [0.717, 1.165) is 51.0 Å². The van der Waals surface area contributed by atoms with Crippen LogP contribution in [-0.4, -0.2) is 17.3 Å². The summed E-state index contributed by atoms with van der Waals surface area (Å²) >= 11 is 0. The Kier molecular flexibility index (Phi) is 4.27. The van der Waals surface area contributed by atoms with Gasteiger partial charge in [0.2, 0.25) is 0 Å². The molecule has 0 spiro atoms. The van der Waals surface area contributed by atoms with Crippen LogP contribution in [0.2, 0.25) is 0 Å². The molecule has 0 unspecified atom stereocenters. The fourth-order valence-corrected chi connectivity index (χ4v) is 7.01. The molecule has 25 heavy (non-hydrogen) atoms. The minimum atomic E-state index is -0.879. The van der Waals surface area contributed by atoms with Crippen molar-refractivity contribution in [3.05, 3.63) is 23.5 Å². The summed E-state index contributed by atoms with van der Waals surface area (Å²) in [6, 6.07) is 0. The Bertz CT molecular complexity index is 639. The molecule has 4 rings (SSSR count). The lowest BCUT2D eigenvalue weighted by atomic mass is 9.50. The highest BCUT2D eigenvalue weighted by atomic mass is 16.5. The molecule has 0 bridgehead atoms. The molecule has 2 fully saturated rings. The Hall–Kier alpha value is -1.20. The first-order valence-electron chi connectivity index (χ1n) is 10.3. The normalized spacial score (nSPS) is 45.4. The maximum Gasteiger partial charge on any atom is 0.131 e. The third-order valence-electron chi connectivity index (χ3n) is 8.14. The molecule has 0 heterocycles. The van der Waals surface area contributed by atoms with Gasteiger partial charge in [0.1, 0.15) is 5.60 Å². The van der Waals surface area contributed by atoms with E-state index in [2.05, 4.69) is 31.9 Å². The van der Waals surface area contributed by atoms with Gasteiger partial charge in [-0.2, -0.15) is 0 Å². The van der Waals surface area contributed by atoms with Crippen molar-refractivity contribution < 1.29 is 9.84 Å². The average Bonchev–Trinajstić information content (AvgIpc) is 2.95. The highest BCUT2D eigenvalue weighted by Gasteiger charge is 2.63. The van der Waals surface area contributed by atoms with Gasteiger partial charge >= 0.3 is 0 Å². The lowest BCUT2D eigenvalue weighted by Crippen LogP contribution is -2.53. The zero-order chi connectivity index (χ0) is 17.7. The first-order chi connectivity index (χ1) is 12.1. The van der Waals surface area contributed by atoms with E-state index in [1.165, 1.54) is 24.2 Å².